The summed E-state index contributed by atoms with van der Waals surface area (Å²) in [7, 11) is 0. The quantitative estimate of drug-likeness (QED) is 0.167. The Kier molecular flexibility index (Phi) is 7.42. The van der Waals surface area contributed by atoms with Crippen molar-refractivity contribution < 1.29 is 0 Å². The van der Waals surface area contributed by atoms with Gasteiger partial charge in [-0.2, -0.15) is 0 Å². The molecule has 1 nitrogen and oxygen atoms in total. The molecule has 0 radical (unpaired) electrons. The highest BCUT2D eigenvalue weighted by Crippen LogP contribution is 2.51. The largest absolute Gasteiger partial charge is 0.310 e. The minimum absolute atomic E-state index is 0.101. The summed E-state index contributed by atoms with van der Waals surface area (Å²) in [5.41, 5.74) is 16.1. The average molecular weight is 696 g/mol. The Morgan fingerprint density at radius 1 is 0.396 bits per heavy atom. The fraction of sp³-hybridized carbons (Fsp3) is 0.0588. The van der Waals surface area contributed by atoms with Crippen LogP contribution in [0.4, 0.5) is 17.1 Å². The van der Waals surface area contributed by atoms with E-state index in [1.807, 2.05) is 11.3 Å². The zero-order valence-electron chi connectivity index (χ0n) is 29.8. The molecule has 0 saturated heterocycles. The zero-order chi connectivity index (χ0) is 35.5. The van der Waals surface area contributed by atoms with E-state index in [9.17, 15) is 0 Å². The summed E-state index contributed by atoms with van der Waals surface area (Å²) in [5.74, 6) is 0. The van der Waals surface area contributed by atoms with Crippen LogP contribution in [0.5, 0.6) is 0 Å². The number of hydrogen-bond acceptors (Lipinski definition) is 2. The third-order valence-electron chi connectivity index (χ3n) is 11.1. The first-order valence-corrected chi connectivity index (χ1v) is 19.2. The molecule has 1 heterocycles. The predicted molar refractivity (Wildman–Crippen MR) is 228 cm³/mol. The summed E-state index contributed by atoms with van der Waals surface area (Å²) in [6, 6.07) is 69.0. The van der Waals surface area contributed by atoms with Crippen molar-refractivity contribution in [2.24, 2.45) is 0 Å². The van der Waals surface area contributed by atoms with E-state index in [4.69, 9.17) is 0 Å². The summed E-state index contributed by atoms with van der Waals surface area (Å²) in [4.78, 5) is 2.45. The molecule has 1 aromatic heterocycles. The molecule has 0 unspecified atom stereocenters. The molecule has 0 spiro atoms. The minimum Gasteiger partial charge on any atom is -0.310 e. The maximum atomic E-state index is 2.45. The van der Waals surface area contributed by atoms with E-state index in [1.54, 1.807) is 0 Å². The van der Waals surface area contributed by atoms with Crippen LogP contribution in [0.3, 0.4) is 0 Å². The summed E-state index contributed by atoms with van der Waals surface area (Å²) in [5, 5.41) is 2.62. The molecule has 252 valence electrons. The number of benzene rings is 8. The van der Waals surface area contributed by atoms with Crippen LogP contribution in [-0.2, 0) is 5.41 Å². The molecule has 0 aliphatic heterocycles. The molecule has 0 bridgehead atoms. The second-order valence-corrected chi connectivity index (χ2v) is 15.6. The number of anilines is 3. The fourth-order valence-electron chi connectivity index (χ4n) is 8.42. The van der Waals surface area contributed by atoms with Gasteiger partial charge < -0.3 is 4.90 Å². The molecule has 0 amide bonds. The van der Waals surface area contributed by atoms with Crippen molar-refractivity contribution in [1.29, 1.82) is 0 Å². The topological polar surface area (TPSA) is 3.24 Å². The van der Waals surface area contributed by atoms with E-state index in [1.165, 1.54) is 75.8 Å². The van der Waals surface area contributed by atoms with Gasteiger partial charge in [-0.1, -0.05) is 153 Å². The first-order chi connectivity index (χ1) is 26.0. The summed E-state index contributed by atoms with van der Waals surface area (Å²) >= 11 is 1.89. The van der Waals surface area contributed by atoms with Gasteiger partial charge in [0, 0.05) is 48.1 Å². The van der Waals surface area contributed by atoms with E-state index in [-0.39, 0.29) is 5.41 Å². The van der Waals surface area contributed by atoms with Gasteiger partial charge >= 0.3 is 0 Å². The van der Waals surface area contributed by atoms with Gasteiger partial charge in [0.15, 0.2) is 0 Å². The molecular formula is C51H37NS. The van der Waals surface area contributed by atoms with Gasteiger partial charge in [0.1, 0.15) is 0 Å². The lowest BCUT2D eigenvalue weighted by Crippen LogP contribution is -2.16. The Labute approximate surface area is 315 Å². The number of para-hydroxylation sites is 1. The zero-order valence-corrected chi connectivity index (χ0v) is 30.6. The van der Waals surface area contributed by atoms with Crippen molar-refractivity contribution >= 4 is 48.6 Å². The highest BCUT2D eigenvalue weighted by Gasteiger charge is 2.35. The minimum atomic E-state index is -0.101. The third kappa shape index (κ3) is 5.21. The van der Waals surface area contributed by atoms with Gasteiger partial charge in [0.25, 0.3) is 0 Å². The number of fused-ring (bicyclic) bond motifs is 6. The lowest BCUT2D eigenvalue weighted by Gasteiger charge is -2.30. The smallest absolute Gasteiger partial charge is 0.0540 e. The van der Waals surface area contributed by atoms with Gasteiger partial charge in [-0.25, -0.2) is 0 Å². The van der Waals surface area contributed by atoms with Crippen LogP contribution in [0.15, 0.2) is 188 Å². The van der Waals surface area contributed by atoms with Gasteiger partial charge in [-0.15, -0.1) is 11.3 Å². The maximum Gasteiger partial charge on any atom is 0.0540 e. The molecule has 1 aliphatic carbocycles. The molecule has 53 heavy (non-hydrogen) atoms. The monoisotopic (exact) mass is 695 g/mol. The number of rotatable bonds is 6. The molecule has 0 saturated carbocycles. The second kappa shape index (κ2) is 12.5. The van der Waals surface area contributed by atoms with E-state index in [2.05, 4.69) is 207 Å². The Bertz CT molecular complexity index is 2790. The van der Waals surface area contributed by atoms with Crippen molar-refractivity contribution in [2.45, 2.75) is 19.3 Å². The first kappa shape index (κ1) is 31.5. The highest BCUT2D eigenvalue weighted by atomic mass is 32.1. The number of nitrogens with zero attached hydrogens (tertiary/aromatic N) is 1. The van der Waals surface area contributed by atoms with E-state index in [0.29, 0.717) is 0 Å². The van der Waals surface area contributed by atoms with Crippen LogP contribution in [0, 0.1) is 0 Å². The van der Waals surface area contributed by atoms with Gasteiger partial charge in [-0.05, 0) is 93.0 Å². The van der Waals surface area contributed by atoms with E-state index < -0.39 is 0 Å². The number of thiophene rings is 1. The first-order valence-electron chi connectivity index (χ1n) is 18.3. The molecular weight excluding hydrogens is 659 g/mol. The average Bonchev–Trinajstić information content (AvgIpc) is 3.71. The third-order valence-corrected chi connectivity index (χ3v) is 12.3. The Morgan fingerprint density at radius 3 is 1.79 bits per heavy atom. The van der Waals surface area contributed by atoms with E-state index >= 15 is 0 Å². The predicted octanol–water partition coefficient (Wildman–Crippen LogP) is 14.8. The van der Waals surface area contributed by atoms with Crippen LogP contribution >= 0.6 is 11.3 Å². The van der Waals surface area contributed by atoms with Gasteiger partial charge in [0.2, 0.25) is 0 Å². The molecule has 0 atom stereocenters. The molecule has 8 aromatic carbocycles. The number of hydrogen-bond donors (Lipinski definition) is 0. The van der Waals surface area contributed by atoms with Crippen LogP contribution < -0.4 is 4.90 Å². The summed E-state index contributed by atoms with van der Waals surface area (Å²) < 4.78 is 2.64. The normalized spacial score (nSPS) is 12.9. The second-order valence-electron chi connectivity index (χ2n) is 14.5. The SMILES string of the molecule is CC1(C)c2ccccc2-c2ccc(N(c3ccc(-c4cc(-c5ccccc5)cc5c4sc4ccccc45)cc3)c3ccccc3-c3ccccc3)cc21. The molecule has 10 rings (SSSR count). The van der Waals surface area contributed by atoms with Gasteiger partial charge in [0.05, 0.1) is 5.69 Å². The lowest BCUT2D eigenvalue weighted by atomic mass is 9.82. The van der Waals surface area contributed by atoms with E-state index in [0.717, 1.165) is 17.1 Å². The molecule has 0 fully saturated rings. The molecule has 9 aromatic rings. The van der Waals surface area contributed by atoms with Gasteiger partial charge in [-0.3, -0.25) is 0 Å². The van der Waals surface area contributed by atoms with Crippen molar-refractivity contribution in [3.63, 3.8) is 0 Å². The van der Waals surface area contributed by atoms with Crippen molar-refractivity contribution in [1.82, 2.24) is 0 Å². The summed E-state index contributed by atoms with van der Waals surface area (Å²) in [6.07, 6.45) is 0. The lowest BCUT2D eigenvalue weighted by molar-refractivity contribution is 0.660. The molecule has 2 heteroatoms. The van der Waals surface area contributed by atoms with Crippen LogP contribution in [-0.4, -0.2) is 0 Å². The van der Waals surface area contributed by atoms with Crippen molar-refractivity contribution in [3.05, 3.63) is 199 Å². The standard InChI is InChI=1S/C51H37NS/c1-51(2)46-22-12-9-20-41(46)42-30-29-39(33-47(42)51)52(48-23-13-10-19-40(48)35-17-7-4-8-18-35)38-27-25-36(26-28-38)44-31-37(34-15-5-3-6-16-34)32-45-43-21-11-14-24-49(43)53-50(44)45/h3-33H,1-2H3. The van der Waals surface area contributed by atoms with Crippen LogP contribution in [0.1, 0.15) is 25.0 Å². The Balaban J connectivity index is 1.15. The summed E-state index contributed by atoms with van der Waals surface area (Å²) in [6.45, 7) is 4.72. The maximum absolute atomic E-state index is 2.45. The Hall–Kier alpha value is -6.22. The van der Waals surface area contributed by atoms with Crippen molar-refractivity contribution in [2.75, 3.05) is 4.90 Å². The molecule has 0 N–H and O–H groups in total. The highest BCUT2D eigenvalue weighted by molar-refractivity contribution is 7.26. The van der Waals surface area contributed by atoms with Crippen LogP contribution in [0.25, 0.3) is 64.7 Å². The van der Waals surface area contributed by atoms with Crippen LogP contribution in [0.2, 0.25) is 0 Å². The molecule has 1 aliphatic rings. The fourth-order valence-corrected chi connectivity index (χ4v) is 9.64. The van der Waals surface area contributed by atoms with Crippen molar-refractivity contribution in [3.8, 4) is 44.5 Å². The Morgan fingerprint density at radius 2 is 1.00 bits per heavy atom.